The summed E-state index contributed by atoms with van der Waals surface area (Å²) in [5.74, 6) is 2.53. The Hall–Kier alpha value is -1.11. The van der Waals surface area contributed by atoms with Crippen LogP contribution in [0.5, 0.6) is 0 Å². The highest BCUT2D eigenvalue weighted by molar-refractivity contribution is 7.10. The van der Waals surface area contributed by atoms with Crippen LogP contribution >= 0.6 is 11.3 Å². The Morgan fingerprint density at radius 2 is 2.12 bits per heavy atom. The lowest BCUT2D eigenvalue weighted by molar-refractivity contribution is 0.0766. The number of aliphatic imine (C=N–C) groups is 1. The smallest absolute Gasteiger partial charge is 0.193 e. The average molecular weight is 375 g/mol. The number of rotatable bonds is 3. The predicted molar refractivity (Wildman–Crippen MR) is 106 cm³/mol. The van der Waals surface area contributed by atoms with Crippen molar-refractivity contribution in [2.24, 2.45) is 16.8 Å². The summed E-state index contributed by atoms with van der Waals surface area (Å²) >= 11 is 1.91. The molecule has 4 aliphatic rings. The molecule has 1 N–H and O–H groups in total. The van der Waals surface area contributed by atoms with Crippen LogP contribution in [-0.4, -0.2) is 67.2 Å². The van der Waals surface area contributed by atoms with E-state index >= 15 is 0 Å². The second-order valence-corrected chi connectivity index (χ2v) is 9.39. The third-order valence-electron chi connectivity index (χ3n) is 6.98. The zero-order chi connectivity index (χ0) is 17.7. The summed E-state index contributed by atoms with van der Waals surface area (Å²) in [6, 6.07) is 2.81. The SMILES string of the molecule is CN=C(NCC(C)N1CCc2sccc2C1)N1CC2C3CCC(O3)C2C1. The van der Waals surface area contributed by atoms with E-state index in [1.807, 2.05) is 18.4 Å². The van der Waals surface area contributed by atoms with Crippen molar-refractivity contribution >= 4 is 17.3 Å². The van der Waals surface area contributed by atoms with Crippen LogP contribution in [0.1, 0.15) is 30.2 Å². The van der Waals surface area contributed by atoms with Gasteiger partial charge in [0.25, 0.3) is 0 Å². The molecule has 0 amide bonds. The van der Waals surface area contributed by atoms with Gasteiger partial charge < -0.3 is 15.0 Å². The minimum absolute atomic E-state index is 0.514. The molecule has 0 saturated carbocycles. The van der Waals surface area contributed by atoms with Gasteiger partial charge in [-0.15, -0.1) is 11.3 Å². The molecule has 5 unspecified atom stereocenters. The second-order valence-electron chi connectivity index (χ2n) is 8.39. The van der Waals surface area contributed by atoms with E-state index in [4.69, 9.17) is 4.74 Å². The van der Waals surface area contributed by atoms with E-state index in [-0.39, 0.29) is 0 Å². The summed E-state index contributed by atoms with van der Waals surface area (Å²) in [6.45, 7) is 7.79. The number of guanidine groups is 1. The number of fused-ring (bicyclic) bond motifs is 6. The number of thiophene rings is 1. The maximum absolute atomic E-state index is 6.11. The van der Waals surface area contributed by atoms with Gasteiger partial charge in [0.05, 0.1) is 12.2 Å². The van der Waals surface area contributed by atoms with Crippen LogP contribution in [-0.2, 0) is 17.7 Å². The third kappa shape index (κ3) is 2.86. The Morgan fingerprint density at radius 3 is 2.85 bits per heavy atom. The Morgan fingerprint density at radius 1 is 1.35 bits per heavy atom. The van der Waals surface area contributed by atoms with Gasteiger partial charge in [0, 0.05) is 62.5 Å². The van der Waals surface area contributed by atoms with Crippen molar-refractivity contribution in [2.75, 3.05) is 33.2 Å². The van der Waals surface area contributed by atoms with Crippen molar-refractivity contribution in [2.45, 2.75) is 51.0 Å². The lowest BCUT2D eigenvalue weighted by Crippen LogP contribution is -2.48. The number of nitrogens with zero attached hydrogens (tertiary/aromatic N) is 3. The van der Waals surface area contributed by atoms with Crippen LogP contribution < -0.4 is 5.32 Å². The Kier molecular flexibility index (Phi) is 4.45. The van der Waals surface area contributed by atoms with Crippen LogP contribution in [0.2, 0.25) is 0 Å². The Balaban J connectivity index is 1.16. The van der Waals surface area contributed by atoms with Crippen LogP contribution in [0.25, 0.3) is 0 Å². The van der Waals surface area contributed by atoms with Gasteiger partial charge in [-0.2, -0.15) is 0 Å². The summed E-state index contributed by atoms with van der Waals surface area (Å²) < 4.78 is 6.11. The molecular formula is C20H30N4OS. The number of hydrogen-bond donors (Lipinski definition) is 1. The van der Waals surface area contributed by atoms with E-state index in [1.54, 1.807) is 4.88 Å². The molecule has 0 aromatic carbocycles. The topological polar surface area (TPSA) is 40.1 Å². The lowest BCUT2D eigenvalue weighted by atomic mass is 9.82. The minimum atomic E-state index is 0.514. The monoisotopic (exact) mass is 374 g/mol. The molecular weight excluding hydrogens is 344 g/mol. The Bertz CT molecular complexity index is 671. The zero-order valence-electron chi connectivity index (χ0n) is 15.9. The molecule has 5 heterocycles. The van der Waals surface area contributed by atoms with Gasteiger partial charge in [-0.3, -0.25) is 9.89 Å². The van der Waals surface area contributed by atoms with Gasteiger partial charge in [-0.05, 0) is 43.2 Å². The molecule has 5 rings (SSSR count). The first-order chi connectivity index (χ1) is 12.7. The largest absolute Gasteiger partial charge is 0.374 e. The van der Waals surface area contributed by atoms with Crippen molar-refractivity contribution in [3.05, 3.63) is 21.9 Å². The van der Waals surface area contributed by atoms with Gasteiger partial charge in [-0.1, -0.05) is 0 Å². The van der Waals surface area contributed by atoms with Crippen molar-refractivity contribution in [1.29, 1.82) is 0 Å². The van der Waals surface area contributed by atoms with Gasteiger partial charge in [0.15, 0.2) is 5.96 Å². The highest BCUT2D eigenvalue weighted by atomic mass is 32.1. The molecule has 142 valence electrons. The molecule has 3 fully saturated rings. The fraction of sp³-hybridized carbons (Fsp3) is 0.750. The normalized spacial score (nSPS) is 34.8. The maximum atomic E-state index is 6.11. The summed E-state index contributed by atoms with van der Waals surface area (Å²) in [5.41, 5.74) is 1.53. The van der Waals surface area contributed by atoms with Gasteiger partial charge in [-0.25, -0.2) is 0 Å². The summed E-state index contributed by atoms with van der Waals surface area (Å²) in [4.78, 5) is 11.2. The van der Waals surface area contributed by atoms with Crippen LogP contribution in [0.4, 0.5) is 0 Å². The molecule has 4 aliphatic heterocycles. The van der Waals surface area contributed by atoms with Crippen molar-refractivity contribution < 1.29 is 4.74 Å². The van der Waals surface area contributed by atoms with Crippen LogP contribution in [0, 0.1) is 11.8 Å². The lowest BCUT2D eigenvalue weighted by Gasteiger charge is -2.33. The molecule has 0 radical (unpaired) electrons. The van der Waals surface area contributed by atoms with Gasteiger partial charge in [0.2, 0.25) is 0 Å². The quantitative estimate of drug-likeness (QED) is 0.650. The van der Waals surface area contributed by atoms with Crippen molar-refractivity contribution in [1.82, 2.24) is 15.1 Å². The van der Waals surface area contributed by atoms with E-state index in [0.717, 1.165) is 44.0 Å². The molecule has 1 aromatic rings. The number of hydrogen-bond acceptors (Lipinski definition) is 4. The molecule has 0 spiro atoms. The fourth-order valence-electron chi connectivity index (χ4n) is 5.48. The van der Waals surface area contributed by atoms with Crippen LogP contribution in [0.3, 0.4) is 0 Å². The van der Waals surface area contributed by atoms with Crippen molar-refractivity contribution in [3.8, 4) is 0 Å². The zero-order valence-corrected chi connectivity index (χ0v) is 16.7. The highest BCUT2D eigenvalue weighted by Gasteiger charge is 2.53. The molecule has 2 bridgehead atoms. The third-order valence-corrected chi connectivity index (χ3v) is 8.00. The fourth-order valence-corrected chi connectivity index (χ4v) is 6.37. The standard InChI is InChI=1S/C20H30N4OS/c1-13(23-7-5-19-14(10-23)6-8-26-19)9-22-20(21-2)24-11-15-16(12-24)18-4-3-17(15)25-18/h6,8,13,15-18H,3-5,7,9-12H2,1-2H3,(H,21,22). The Labute approximate surface area is 160 Å². The molecule has 26 heavy (non-hydrogen) atoms. The van der Waals surface area contributed by atoms with E-state index in [1.165, 1.54) is 31.4 Å². The van der Waals surface area contributed by atoms with E-state index in [0.29, 0.717) is 18.2 Å². The van der Waals surface area contributed by atoms with Gasteiger partial charge >= 0.3 is 0 Å². The first-order valence-corrected chi connectivity index (χ1v) is 11.0. The molecule has 1 aromatic heterocycles. The second kappa shape index (κ2) is 6.80. The maximum Gasteiger partial charge on any atom is 0.193 e. The first kappa shape index (κ1) is 17.0. The molecule has 5 atom stereocenters. The van der Waals surface area contributed by atoms with E-state index in [9.17, 15) is 0 Å². The van der Waals surface area contributed by atoms with E-state index < -0.39 is 0 Å². The molecule has 5 nitrogen and oxygen atoms in total. The summed E-state index contributed by atoms with van der Waals surface area (Å²) in [5, 5.41) is 5.90. The average Bonchev–Trinajstić information content (AvgIpc) is 3.41. The molecule has 0 aliphatic carbocycles. The predicted octanol–water partition coefficient (Wildman–Crippen LogP) is 2.18. The highest BCUT2D eigenvalue weighted by Crippen LogP contribution is 2.47. The summed E-state index contributed by atoms with van der Waals surface area (Å²) in [6.07, 6.45) is 4.76. The van der Waals surface area contributed by atoms with Gasteiger partial charge in [0.1, 0.15) is 0 Å². The number of nitrogens with one attached hydrogen (secondary N) is 1. The minimum Gasteiger partial charge on any atom is -0.374 e. The number of ether oxygens (including phenoxy) is 1. The van der Waals surface area contributed by atoms with Crippen molar-refractivity contribution in [3.63, 3.8) is 0 Å². The van der Waals surface area contributed by atoms with E-state index in [2.05, 4.69) is 38.5 Å². The number of likely N-dealkylation sites (tertiary alicyclic amines) is 1. The van der Waals surface area contributed by atoms with Crippen LogP contribution in [0.15, 0.2) is 16.4 Å². The summed E-state index contributed by atoms with van der Waals surface area (Å²) in [7, 11) is 1.92. The molecule has 6 heteroatoms. The first-order valence-electron chi connectivity index (χ1n) is 10.1. The molecule has 3 saturated heterocycles.